The van der Waals surface area contributed by atoms with Gasteiger partial charge in [0.1, 0.15) is 4.21 Å². The predicted molar refractivity (Wildman–Crippen MR) is 100 cm³/mol. The van der Waals surface area contributed by atoms with E-state index >= 15 is 0 Å². The van der Waals surface area contributed by atoms with Crippen molar-refractivity contribution in [1.82, 2.24) is 5.32 Å². The average Bonchev–Trinajstić information content (AvgIpc) is 3.20. The van der Waals surface area contributed by atoms with E-state index in [2.05, 4.69) is 10.0 Å². The van der Waals surface area contributed by atoms with E-state index in [0.29, 0.717) is 5.69 Å². The SMILES string of the molecule is CC[C@H](C)NC(=O)C1(c2ccc(NS(=O)(=O)c3cccs3)cc2)CC1. The van der Waals surface area contributed by atoms with E-state index in [-0.39, 0.29) is 16.2 Å². The molecule has 1 aromatic heterocycles. The normalized spacial score (nSPS) is 16.9. The highest BCUT2D eigenvalue weighted by atomic mass is 32.2. The Balaban J connectivity index is 1.74. The van der Waals surface area contributed by atoms with Gasteiger partial charge in [0.05, 0.1) is 5.41 Å². The molecule has 1 amide bonds. The van der Waals surface area contributed by atoms with Gasteiger partial charge in [0.15, 0.2) is 0 Å². The Hall–Kier alpha value is -1.86. The molecule has 2 aromatic rings. The second-order valence-corrected chi connectivity index (χ2v) is 9.34. The van der Waals surface area contributed by atoms with Gasteiger partial charge in [-0.05, 0) is 55.3 Å². The van der Waals surface area contributed by atoms with Gasteiger partial charge in [0.25, 0.3) is 10.0 Å². The fourth-order valence-electron chi connectivity index (χ4n) is 2.71. The van der Waals surface area contributed by atoms with Crippen LogP contribution in [0.1, 0.15) is 38.7 Å². The van der Waals surface area contributed by atoms with Crippen LogP contribution in [0.25, 0.3) is 0 Å². The molecule has 3 rings (SSSR count). The lowest BCUT2D eigenvalue weighted by molar-refractivity contribution is -0.124. The molecule has 0 unspecified atom stereocenters. The number of amides is 1. The molecule has 1 fully saturated rings. The smallest absolute Gasteiger partial charge is 0.271 e. The molecule has 1 saturated carbocycles. The van der Waals surface area contributed by atoms with Gasteiger partial charge in [-0.15, -0.1) is 11.3 Å². The predicted octanol–water partition coefficient (Wildman–Crippen LogP) is 3.50. The third-order valence-corrected chi connectivity index (χ3v) is 7.40. The fourth-order valence-corrected chi connectivity index (χ4v) is 4.77. The van der Waals surface area contributed by atoms with Gasteiger partial charge < -0.3 is 5.32 Å². The Bertz CT molecular complexity index is 839. The van der Waals surface area contributed by atoms with Crippen molar-refractivity contribution >= 4 is 33.0 Å². The summed E-state index contributed by atoms with van der Waals surface area (Å²) in [7, 11) is -3.55. The van der Waals surface area contributed by atoms with Gasteiger partial charge in [-0.25, -0.2) is 8.42 Å². The minimum absolute atomic E-state index is 0.0637. The van der Waals surface area contributed by atoms with E-state index in [1.807, 2.05) is 26.0 Å². The van der Waals surface area contributed by atoms with Crippen molar-refractivity contribution in [2.75, 3.05) is 4.72 Å². The Morgan fingerprint density at radius 2 is 1.92 bits per heavy atom. The number of rotatable bonds is 7. The Labute approximate surface area is 152 Å². The molecular formula is C18H22N2O3S2. The quantitative estimate of drug-likeness (QED) is 0.774. The summed E-state index contributed by atoms with van der Waals surface area (Å²) < 4.78 is 27.4. The number of hydrogen-bond donors (Lipinski definition) is 2. The molecule has 0 saturated heterocycles. The van der Waals surface area contributed by atoms with Crippen molar-refractivity contribution in [3.05, 3.63) is 47.3 Å². The van der Waals surface area contributed by atoms with Crippen LogP contribution in [-0.4, -0.2) is 20.4 Å². The summed E-state index contributed by atoms with van der Waals surface area (Å²) in [6.45, 7) is 4.04. The molecule has 1 heterocycles. The van der Waals surface area contributed by atoms with Gasteiger partial charge in [-0.1, -0.05) is 25.1 Å². The summed E-state index contributed by atoms with van der Waals surface area (Å²) in [6.07, 6.45) is 2.55. The lowest BCUT2D eigenvalue weighted by Crippen LogP contribution is -2.39. The monoisotopic (exact) mass is 378 g/mol. The number of carbonyl (C=O) groups is 1. The average molecular weight is 379 g/mol. The van der Waals surface area contributed by atoms with E-state index in [1.165, 1.54) is 11.3 Å². The number of carbonyl (C=O) groups excluding carboxylic acids is 1. The molecule has 25 heavy (non-hydrogen) atoms. The van der Waals surface area contributed by atoms with E-state index in [4.69, 9.17) is 0 Å². The highest BCUT2D eigenvalue weighted by Gasteiger charge is 2.51. The van der Waals surface area contributed by atoms with E-state index in [9.17, 15) is 13.2 Å². The standard InChI is InChI=1S/C18H22N2O3S2/c1-3-13(2)19-17(21)18(10-11-18)14-6-8-15(9-7-14)20-25(22,23)16-5-4-12-24-16/h4-9,12-13,20H,3,10-11H2,1-2H3,(H,19,21)/t13-/m0/s1. The molecule has 134 valence electrons. The van der Waals surface area contributed by atoms with Crippen molar-refractivity contribution < 1.29 is 13.2 Å². The van der Waals surface area contributed by atoms with E-state index < -0.39 is 15.4 Å². The van der Waals surface area contributed by atoms with Crippen molar-refractivity contribution in [3.8, 4) is 0 Å². The molecule has 1 atom stereocenters. The molecule has 0 aliphatic heterocycles. The van der Waals surface area contributed by atoms with Gasteiger partial charge in [0, 0.05) is 11.7 Å². The first-order chi connectivity index (χ1) is 11.9. The fraction of sp³-hybridized carbons (Fsp3) is 0.389. The van der Waals surface area contributed by atoms with Gasteiger partial charge in [-0.3, -0.25) is 9.52 Å². The Morgan fingerprint density at radius 1 is 1.24 bits per heavy atom. The van der Waals surface area contributed by atoms with E-state index in [1.54, 1.807) is 29.6 Å². The van der Waals surface area contributed by atoms with Crippen LogP contribution >= 0.6 is 11.3 Å². The first kappa shape index (κ1) is 17.9. The number of nitrogens with one attached hydrogen (secondary N) is 2. The molecule has 0 radical (unpaired) electrons. The van der Waals surface area contributed by atoms with Crippen molar-refractivity contribution in [2.45, 2.75) is 48.8 Å². The maximum absolute atomic E-state index is 12.5. The topological polar surface area (TPSA) is 75.3 Å². The number of hydrogen-bond acceptors (Lipinski definition) is 4. The van der Waals surface area contributed by atoms with Crippen LogP contribution in [0.5, 0.6) is 0 Å². The van der Waals surface area contributed by atoms with Crippen LogP contribution in [0.2, 0.25) is 0 Å². The van der Waals surface area contributed by atoms with Crippen LogP contribution < -0.4 is 10.0 Å². The third-order valence-electron chi connectivity index (χ3n) is 4.62. The van der Waals surface area contributed by atoms with Crippen molar-refractivity contribution in [3.63, 3.8) is 0 Å². The largest absolute Gasteiger partial charge is 0.353 e. The zero-order chi connectivity index (χ0) is 18.1. The Kier molecular flexibility index (Phi) is 4.88. The van der Waals surface area contributed by atoms with Crippen LogP contribution in [0.3, 0.4) is 0 Å². The summed E-state index contributed by atoms with van der Waals surface area (Å²) in [5.74, 6) is 0.0637. The maximum atomic E-state index is 12.5. The minimum atomic E-state index is -3.55. The van der Waals surface area contributed by atoms with Crippen molar-refractivity contribution in [1.29, 1.82) is 0 Å². The molecule has 7 heteroatoms. The molecule has 2 N–H and O–H groups in total. The highest BCUT2D eigenvalue weighted by molar-refractivity contribution is 7.94. The Morgan fingerprint density at radius 3 is 2.44 bits per heavy atom. The summed E-state index contributed by atoms with van der Waals surface area (Å²) in [6, 6.07) is 10.6. The first-order valence-electron chi connectivity index (χ1n) is 8.35. The maximum Gasteiger partial charge on any atom is 0.271 e. The van der Waals surface area contributed by atoms with Crippen LogP contribution in [0.4, 0.5) is 5.69 Å². The minimum Gasteiger partial charge on any atom is -0.353 e. The molecule has 5 nitrogen and oxygen atoms in total. The zero-order valence-electron chi connectivity index (χ0n) is 14.3. The van der Waals surface area contributed by atoms with Gasteiger partial charge in [-0.2, -0.15) is 0 Å². The second kappa shape index (κ2) is 6.80. The molecule has 1 aliphatic rings. The highest BCUT2D eigenvalue weighted by Crippen LogP contribution is 2.48. The van der Waals surface area contributed by atoms with Gasteiger partial charge >= 0.3 is 0 Å². The second-order valence-electron chi connectivity index (χ2n) is 6.48. The number of thiophene rings is 1. The van der Waals surface area contributed by atoms with Crippen LogP contribution in [-0.2, 0) is 20.2 Å². The van der Waals surface area contributed by atoms with Crippen molar-refractivity contribution in [2.24, 2.45) is 0 Å². The van der Waals surface area contributed by atoms with Crippen LogP contribution in [0.15, 0.2) is 46.0 Å². The number of sulfonamides is 1. The van der Waals surface area contributed by atoms with Gasteiger partial charge in [0.2, 0.25) is 5.91 Å². The third kappa shape index (κ3) is 3.72. The summed E-state index contributed by atoms with van der Waals surface area (Å²) in [4.78, 5) is 12.5. The molecular weight excluding hydrogens is 356 g/mol. The lowest BCUT2D eigenvalue weighted by Gasteiger charge is -2.19. The van der Waals surface area contributed by atoms with Crippen LogP contribution in [0, 0.1) is 0 Å². The number of anilines is 1. The molecule has 0 spiro atoms. The molecule has 1 aliphatic carbocycles. The summed E-state index contributed by atoms with van der Waals surface area (Å²) >= 11 is 1.17. The lowest BCUT2D eigenvalue weighted by atomic mass is 9.94. The molecule has 1 aromatic carbocycles. The first-order valence-corrected chi connectivity index (χ1v) is 10.7. The van der Waals surface area contributed by atoms with E-state index in [0.717, 1.165) is 24.8 Å². The molecule has 0 bridgehead atoms. The number of benzene rings is 1. The zero-order valence-corrected chi connectivity index (χ0v) is 15.9. The summed E-state index contributed by atoms with van der Waals surface area (Å²) in [5.41, 5.74) is 0.983. The summed E-state index contributed by atoms with van der Waals surface area (Å²) in [5, 5.41) is 4.78.